The zero-order valence-electron chi connectivity index (χ0n) is 14.3. The van der Waals surface area contributed by atoms with E-state index in [9.17, 15) is 9.59 Å². The summed E-state index contributed by atoms with van der Waals surface area (Å²) in [6, 6.07) is 0.119. The number of carbonyl (C=O) groups excluding carboxylic acids is 2. The van der Waals surface area contributed by atoms with Gasteiger partial charge in [0, 0.05) is 28.1 Å². The maximum Gasteiger partial charge on any atom is 0.236 e. The number of hydrogen-bond acceptors (Lipinski definition) is 5. The van der Waals surface area contributed by atoms with Crippen molar-refractivity contribution in [1.82, 2.24) is 24.7 Å². The van der Waals surface area contributed by atoms with E-state index in [1.54, 1.807) is 43.3 Å². The number of likely N-dealkylation sites (tertiary alicyclic amines) is 1. The van der Waals surface area contributed by atoms with Gasteiger partial charge < -0.3 is 9.80 Å². The van der Waals surface area contributed by atoms with E-state index < -0.39 is 0 Å². The summed E-state index contributed by atoms with van der Waals surface area (Å²) >= 11 is 0. The molecule has 2 rings (SSSR count). The number of nitrogens with zero attached hydrogens (tertiary/aromatic N) is 5. The monoisotopic (exact) mass is 319 g/mol. The van der Waals surface area contributed by atoms with Crippen molar-refractivity contribution in [2.75, 3.05) is 34.2 Å². The van der Waals surface area contributed by atoms with Crippen LogP contribution in [0.25, 0.3) is 0 Å². The molecule has 0 aromatic carbocycles. The largest absolute Gasteiger partial charge is 0.348 e. The van der Waals surface area contributed by atoms with Crippen LogP contribution in [-0.2, 0) is 16.1 Å². The van der Waals surface area contributed by atoms with Crippen LogP contribution in [0.5, 0.6) is 0 Å². The Morgan fingerprint density at radius 2 is 2.04 bits per heavy atom. The van der Waals surface area contributed by atoms with E-state index in [1.807, 2.05) is 0 Å². The molecule has 1 aromatic rings. The third-order valence-corrected chi connectivity index (χ3v) is 4.18. The molecule has 7 nitrogen and oxygen atoms in total. The third kappa shape index (κ3) is 4.48. The molecule has 7 heteroatoms. The molecule has 0 spiro atoms. The van der Waals surface area contributed by atoms with Gasteiger partial charge >= 0.3 is 0 Å². The first kappa shape index (κ1) is 17.3. The fourth-order valence-corrected chi connectivity index (χ4v) is 2.68. The van der Waals surface area contributed by atoms with Crippen LogP contribution in [0.3, 0.4) is 0 Å². The predicted molar refractivity (Wildman–Crippen MR) is 86.4 cm³/mol. The zero-order valence-corrected chi connectivity index (χ0v) is 14.3. The lowest BCUT2D eigenvalue weighted by molar-refractivity contribution is -0.130. The van der Waals surface area contributed by atoms with Crippen LogP contribution in [0.2, 0.25) is 0 Å². The zero-order chi connectivity index (χ0) is 17.0. The average molecular weight is 319 g/mol. The molecule has 2 heterocycles. The Kier molecular flexibility index (Phi) is 5.65. The summed E-state index contributed by atoms with van der Waals surface area (Å²) in [6.45, 7) is 3.27. The van der Waals surface area contributed by atoms with E-state index >= 15 is 0 Å². The van der Waals surface area contributed by atoms with Crippen molar-refractivity contribution in [2.24, 2.45) is 0 Å². The Labute approximate surface area is 137 Å². The fraction of sp³-hybridized carbons (Fsp3) is 0.625. The lowest BCUT2D eigenvalue weighted by Gasteiger charge is -2.25. The molecule has 1 aromatic heterocycles. The Bertz CT molecular complexity index is 575. The minimum Gasteiger partial charge on any atom is -0.348 e. The quantitative estimate of drug-likeness (QED) is 0.798. The van der Waals surface area contributed by atoms with E-state index in [-0.39, 0.29) is 17.9 Å². The molecule has 23 heavy (non-hydrogen) atoms. The molecule has 1 saturated heterocycles. The summed E-state index contributed by atoms with van der Waals surface area (Å²) in [5.74, 6) is 0.0913. The van der Waals surface area contributed by atoms with Crippen molar-refractivity contribution in [1.29, 1.82) is 0 Å². The highest BCUT2D eigenvalue weighted by atomic mass is 16.2. The van der Waals surface area contributed by atoms with Gasteiger partial charge in [-0.15, -0.1) is 0 Å². The van der Waals surface area contributed by atoms with Gasteiger partial charge in [0.05, 0.1) is 42.9 Å². The highest BCUT2D eigenvalue weighted by Crippen LogP contribution is 2.30. The molecule has 126 valence electrons. The second-order valence-electron chi connectivity index (χ2n) is 6.23. The summed E-state index contributed by atoms with van der Waals surface area (Å²) in [4.78, 5) is 37.6. The summed E-state index contributed by atoms with van der Waals surface area (Å²) in [7, 11) is 5.28. The molecule has 1 fully saturated rings. The molecule has 0 saturated carbocycles. The van der Waals surface area contributed by atoms with Crippen LogP contribution >= 0.6 is 0 Å². The van der Waals surface area contributed by atoms with Gasteiger partial charge in [-0.25, -0.2) is 0 Å². The van der Waals surface area contributed by atoms with Gasteiger partial charge in [-0.2, -0.15) is 0 Å². The van der Waals surface area contributed by atoms with Crippen molar-refractivity contribution in [2.45, 2.75) is 32.4 Å². The maximum absolute atomic E-state index is 12.0. The van der Waals surface area contributed by atoms with Crippen molar-refractivity contribution in [3.8, 4) is 0 Å². The number of rotatable bonds is 5. The molecule has 0 aliphatic carbocycles. The molecule has 0 radical (unpaired) electrons. The van der Waals surface area contributed by atoms with Crippen LogP contribution in [0.1, 0.15) is 37.2 Å². The number of hydrogen-bond donors (Lipinski definition) is 0. The molecule has 0 unspecified atom stereocenters. The first-order chi connectivity index (χ1) is 10.9. The minimum atomic E-state index is -0.00345. The molecule has 2 amide bonds. The van der Waals surface area contributed by atoms with Crippen LogP contribution in [0, 0.1) is 0 Å². The maximum atomic E-state index is 12.0. The van der Waals surface area contributed by atoms with Gasteiger partial charge in [-0.3, -0.25) is 24.5 Å². The van der Waals surface area contributed by atoms with E-state index in [0.717, 1.165) is 30.8 Å². The van der Waals surface area contributed by atoms with Gasteiger partial charge in [0.2, 0.25) is 11.8 Å². The van der Waals surface area contributed by atoms with Crippen LogP contribution in [-0.4, -0.2) is 70.7 Å². The van der Waals surface area contributed by atoms with Crippen LogP contribution in [0.15, 0.2) is 12.4 Å². The Hall–Kier alpha value is -2.02. The number of likely N-dealkylation sites (N-methyl/N-ethyl adjacent to an activating group) is 1. The molecule has 1 aliphatic rings. The molecular weight excluding hydrogens is 294 g/mol. The summed E-state index contributed by atoms with van der Waals surface area (Å²) in [5.41, 5.74) is 1.65. The van der Waals surface area contributed by atoms with E-state index in [2.05, 4.69) is 14.9 Å². The number of amides is 2. The van der Waals surface area contributed by atoms with Gasteiger partial charge in [0.15, 0.2) is 0 Å². The fourth-order valence-electron chi connectivity index (χ4n) is 2.68. The van der Waals surface area contributed by atoms with Crippen LogP contribution in [0.4, 0.5) is 0 Å². The lowest BCUT2D eigenvalue weighted by atomic mass is 10.1. The van der Waals surface area contributed by atoms with Crippen molar-refractivity contribution in [3.05, 3.63) is 23.8 Å². The molecular formula is C16H25N5O2. The second kappa shape index (κ2) is 7.50. The lowest BCUT2D eigenvalue weighted by Crippen LogP contribution is -2.36. The first-order valence-corrected chi connectivity index (χ1v) is 7.85. The molecule has 1 atom stereocenters. The van der Waals surface area contributed by atoms with Gasteiger partial charge in [-0.05, 0) is 19.4 Å². The smallest absolute Gasteiger partial charge is 0.236 e. The van der Waals surface area contributed by atoms with Crippen molar-refractivity contribution >= 4 is 11.8 Å². The van der Waals surface area contributed by atoms with E-state index in [4.69, 9.17) is 0 Å². The van der Waals surface area contributed by atoms with E-state index in [1.165, 1.54) is 6.92 Å². The summed E-state index contributed by atoms with van der Waals surface area (Å²) in [6.07, 6.45) is 5.47. The first-order valence-electron chi connectivity index (χ1n) is 7.85. The Morgan fingerprint density at radius 1 is 1.30 bits per heavy atom. The van der Waals surface area contributed by atoms with Gasteiger partial charge in [0.1, 0.15) is 0 Å². The molecule has 0 bridgehead atoms. The standard InChI is InChI=1S/C16H25N5O2/c1-12(22)20(4)10-13-8-17-9-14(18-13)15-6-5-7-21(15)11-16(23)19(2)3/h8-9,15H,5-7,10-11H2,1-4H3/t15-/m1/s1. The summed E-state index contributed by atoms with van der Waals surface area (Å²) < 4.78 is 0. The molecule has 0 N–H and O–H groups in total. The predicted octanol–water partition coefficient (Wildman–Crippen LogP) is 0.680. The van der Waals surface area contributed by atoms with Crippen molar-refractivity contribution in [3.63, 3.8) is 0 Å². The Balaban J connectivity index is 2.10. The molecule has 1 aliphatic heterocycles. The number of aromatic nitrogens is 2. The Morgan fingerprint density at radius 3 is 2.70 bits per heavy atom. The van der Waals surface area contributed by atoms with Crippen molar-refractivity contribution < 1.29 is 9.59 Å². The number of carbonyl (C=O) groups is 2. The van der Waals surface area contributed by atoms with Crippen LogP contribution < -0.4 is 0 Å². The second-order valence-corrected chi connectivity index (χ2v) is 6.23. The highest BCUT2D eigenvalue weighted by molar-refractivity contribution is 5.77. The SMILES string of the molecule is CC(=O)N(C)Cc1cncc([C@H]2CCCN2CC(=O)N(C)C)n1. The van der Waals surface area contributed by atoms with E-state index in [0.29, 0.717) is 13.1 Å². The third-order valence-electron chi connectivity index (χ3n) is 4.18. The normalized spacial score (nSPS) is 18.0. The topological polar surface area (TPSA) is 69.6 Å². The highest BCUT2D eigenvalue weighted by Gasteiger charge is 2.29. The van der Waals surface area contributed by atoms with Gasteiger partial charge in [-0.1, -0.05) is 0 Å². The average Bonchev–Trinajstić information content (AvgIpc) is 2.95. The van der Waals surface area contributed by atoms with Gasteiger partial charge in [0.25, 0.3) is 0 Å². The summed E-state index contributed by atoms with van der Waals surface area (Å²) in [5, 5.41) is 0. The minimum absolute atomic E-state index is 0.00345.